The van der Waals surface area contributed by atoms with Crippen LogP contribution in [-0.4, -0.2) is 11.0 Å². The van der Waals surface area contributed by atoms with Gasteiger partial charge >= 0.3 is 0 Å². The number of carbonyl (C=O) groups is 1. The first-order valence-electron chi connectivity index (χ1n) is 6.60. The molecule has 21 heavy (non-hydrogen) atoms. The smallest absolute Gasteiger partial charge is 0.224 e. The summed E-state index contributed by atoms with van der Waals surface area (Å²) in [6, 6.07) is 8.49. The quantitative estimate of drug-likeness (QED) is 0.893. The van der Waals surface area contributed by atoms with Crippen molar-refractivity contribution in [3.63, 3.8) is 0 Å². The summed E-state index contributed by atoms with van der Waals surface area (Å²) in [5.41, 5.74) is 2.52. The van der Waals surface area contributed by atoms with Gasteiger partial charge in [0.15, 0.2) is 11.6 Å². The third-order valence-corrected chi connectivity index (χ3v) is 3.60. The lowest BCUT2D eigenvalue weighted by atomic mass is 9.95. The molecule has 2 N–H and O–H groups in total. The van der Waals surface area contributed by atoms with Gasteiger partial charge in [-0.3, -0.25) is 4.79 Å². The highest BCUT2D eigenvalue weighted by atomic mass is 19.2. The molecule has 0 saturated carbocycles. The minimum absolute atomic E-state index is 0.0311. The van der Waals surface area contributed by atoms with Gasteiger partial charge in [-0.1, -0.05) is 18.2 Å². The number of anilines is 1. The van der Waals surface area contributed by atoms with Crippen molar-refractivity contribution >= 4 is 11.6 Å². The third kappa shape index (κ3) is 2.64. The standard InChI is InChI=1S/C16H13F2NO2/c17-12-4-1-11(8-13(12)18)16(21)10-2-5-14-9(7-10)3-6-15(20)19-14/h1-2,4-5,7-8,16,21H,3,6H2,(H,19,20). The second-order valence-corrected chi connectivity index (χ2v) is 5.04. The van der Waals surface area contributed by atoms with Gasteiger partial charge in [0.05, 0.1) is 0 Å². The Hall–Kier alpha value is -2.27. The molecule has 0 fully saturated rings. The van der Waals surface area contributed by atoms with E-state index in [1.807, 2.05) is 0 Å². The predicted octanol–water partition coefficient (Wildman–Crippen LogP) is 2.93. The van der Waals surface area contributed by atoms with Crippen molar-refractivity contribution in [2.75, 3.05) is 5.32 Å². The zero-order valence-corrected chi connectivity index (χ0v) is 11.1. The van der Waals surface area contributed by atoms with Gasteiger partial charge in [0.1, 0.15) is 6.10 Å². The van der Waals surface area contributed by atoms with Crippen LogP contribution in [0.2, 0.25) is 0 Å². The normalized spacial score (nSPS) is 15.3. The average molecular weight is 289 g/mol. The molecular weight excluding hydrogens is 276 g/mol. The van der Waals surface area contributed by atoms with Crippen molar-refractivity contribution < 1.29 is 18.7 Å². The Morgan fingerprint density at radius 3 is 2.48 bits per heavy atom. The van der Waals surface area contributed by atoms with E-state index in [4.69, 9.17) is 0 Å². The van der Waals surface area contributed by atoms with Crippen molar-refractivity contribution in [1.29, 1.82) is 0 Å². The summed E-state index contributed by atoms with van der Waals surface area (Å²) in [6.45, 7) is 0. The summed E-state index contributed by atoms with van der Waals surface area (Å²) in [5, 5.41) is 13.0. The van der Waals surface area contributed by atoms with Crippen LogP contribution in [0.4, 0.5) is 14.5 Å². The maximum atomic E-state index is 13.2. The molecule has 0 saturated heterocycles. The van der Waals surface area contributed by atoms with Crippen molar-refractivity contribution in [2.45, 2.75) is 18.9 Å². The Labute approximate surface area is 120 Å². The molecule has 1 unspecified atom stereocenters. The first-order chi connectivity index (χ1) is 10.0. The fraction of sp³-hybridized carbons (Fsp3) is 0.188. The van der Waals surface area contributed by atoms with Gasteiger partial charge in [0.2, 0.25) is 5.91 Å². The Kier molecular flexibility index (Phi) is 3.43. The van der Waals surface area contributed by atoms with Gasteiger partial charge in [-0.2, -0.15) is 0 Å². The lowest BCUT2D eigenvalue weighted by molar-refractivity contribution is -0.116. The van der Waals surface area contributed by atoms with E-state index in [2.05, 4.69) is 5.32 Å². The van der Waals surface area contributed by atoms with Crippen LogP contribution < -0.4 is 5.32 Å². The van der Waals surface area contributed by atoms with Gasteiger partial charge in [0.25, 0.3) is 0 Å². The summed E-state index contributed by atoms with van der Waals surface area (Å²) in [7, 11) is 0. The number of fused-ring (bicyclic) bond motifs is 1. The van der Waals surface area contributed by atoms with E-state index in [1.165, 1.54) is 6.07 Å². The molecule has 1 aliphatic rings. The molecule has 0 radical (unpaired) electrons. The number of hydrogen-bond acceptors (Lipinski definition) is 2. The van der Waals surface area contributed by atoms with Gasteiger partial charge in [-0.15, -0.1) is 0 Å². The molecule has 2 aromatic rings. The molecule has 0 spiro atoms. The number of hydrogen-bond donors (Lipinski definition) is 2. The van der Waals surface area contributed by atoms with Crippen LogP contribution >= 0.6 is 0 Å². The van der Waals surface area contributed by atoms with Crippen LogP contribution in [0.15, 0.2) is 36.4 Å². The highest BCUT2D eigenvalue weighted by Crippen LogP contribution is 2.29. The molecule has 0 aliphatic carbocycles. The maximum Gasteiger partial charge on any atom is 0.224 e. The number of aliphatic hydroxyl groups is 1. The summed E-state index contributed by atoms with van der Waals surface area (Å²) in [4.78, 5) is 11.3. The van der Waals surface area contributed by atoms with Crippen molar-refractivity contribution in [3.8, 4) is 0 Å². The Balaban J connectivity index is 1.93. The number of amides is 1. The van der Waals surface area contributed by atoms with Crippen LogP contribution in [0.5, 0.6) is 0 Å². The number of aryl methyl sites for hydroxylation is 1. The van der Waals surface area contributed by atoms with Gasteiger partial charge in [0, 0.05) is 12.1 Å². The van der Waals surface area contributed by atoms with Crippen LogP contribution in [-0.2, 0) is 11.2 Å². The Morgan fingerprint density at radius 2 is 1.71 bits per heavy atom. The van der Waals surface area contributed by atoms with E-state index < -0.39 is 17.7 Å². The molecule has 1 aliphatic heterocycles. The fourth-order valence-corrected chi connectivity index (χ4v) is 2.45. The topological polar surface area (TPSA) is 49.3 Å². The summed E-state index contributed by atoms with van der Waals surface area (Å²) >= 11 is 0. The second kappa shape index (κ2) is 5.26. The molecule has 3 rings (SSSR count). The molecule has 108 valence electrons. The minimum Gasteiger partial charge on any atom is -0.384 e. The highest BCUT2D eigenvalue weighted by molar-refractivity contribution is 5.93. The zero-order valence-electron chi connectivity index (χ0n) is 11.1. The van der Waals surface area contributed by atoms with E-state index in [-0.39, 0.29) is 11.5 Å². The summed E-state index contributed by atoms with van der Waals surface area (Å²) in [6.07, 6.45) is -0.0416. The summed E-state index contributed by atoms with van der Waals surface area (Å²) in [5.74, 6) is -1.97. The molecule has 1 heterocycles. The molecule has 0 bridgehead atoms. The molecule has 0 aromatic heterocycles. The number of carbonyl (C=O) groups excluding carboxylic acids is 1. The summed E-state index contributed by atoms with van der Waals surface area (Å²) < 4.78 is 26.2. The Morgan fingerprint density at radius 1 is 1.00 bits per heavy atom. The van der Waals surface area contributed by atoms with Crippen LogP contribution in [0.3, 0.4) is 0 Å². The lowest BCUT2D eigenvalue weighted by Crippen LogP contribution is -2.19. The fourth-order valence-electron chi connectivity index (χ4n) is 2.45. The first kappa shape index (κ1) is 13.7. The first-order valence-corrected chi connectivity index (χ1v) is 6.60. The van der Waals surface area contributed by atoms with Crippen molar-refractivity contribution in [3.05, 3.63) is 64.7 Å². The molecule has 3 nitrogen and oxygen atoms in total. The van der Waals surface area contributed by atoms with Gasteiger partial charge in [-0.05, 0) is 41.3 Å². The number of nitrogens with one attached hydrogen (secondary N) is 1. The van der Waals surface area contributed by atoms with E-state index in [9.17, 15) is 18.7 Å². The largest absolute Gasteiger partial charge is 0.384 e. The molecule has 2 aromatic carbocycles. The SMILES string of the molecule is O=C1CCc2cc(C(O)c3ccc(F)c(F)c3)ccc2N1. The predicted molar refractivity (Wildman–Crippen MR) is 73.8 cm³/mol. The zero-order chi connectivity index (χ0) is 15.0. The Bertz CT molecular complexity index is 715. The maximum absolute atomic E-state index is 13.2. The lowest BCUT2D eigenvalue weighted by Gasteiger charge is -2.19. The van der Waals surface area contributed by atoms with Crippen LogP contribution in [0.1, 0.15) is 29.2 Å². The molecule has 1 atom stereocenters. The van der Waals surface area contributed by atoms with Gasteiger partial charge < -0.3 is 10.4 Å². The number of aliphatic hydroxyl groups excluding tert-OH is 1. The average Bonchev–Trinajstić information content (AvgIpc) is 2.49. The van der Waals surface area contributed by atoms with Crippen molar-refractivity contribution in [2.24, 2.45) is 0 Å². The minimum atomic E-state index is -1.04. The number of rotatable bonds is 2. The van der Waals surface area contributed by atoms with Gasteiger partial charge in [-0.25, -0.2) is 8.78 Å². The van der Waals surface area contributed by atoms with Crippen LogP contribution in [0.25, 0.3) is 0 Å². The molecule has 5 heteroatoms. The van der Waals surface area contributed by atoms with E-state index >= 15 is 0 Å². The molecule has 1 amide bonds. The van der Waals surface area contributed by atoms with Crippen molar-refractivity contribution in [1.82, 2.24) is 0 Å². The highest BCUT2D eigenvalue weighted by Gasteiger charge is 2.18. The second-order valence-electron chi connectivity index (χ2n) is 5.04. The number of benzene rings is 2. The van der Waals surface area contributed by atoms with E-state index in [0.29, 0.717) is 18.4 Å². The monoisotopic (exact) mass is 289 g/mol. The molecular formula is C16H13F2NO2. The van der Waals surface area contributed by atoms with Crippen LogP contribution in [0, 0.1) is 11.6 Å². The van der Waals surface area contributed by atoms with E-state index in [0.717, 1.165) is 23.4 Å². The number of halogens is 2. The van der Waals surface area contributed by atoms with E-state index in [1.54, 1.807) is 18.2 Å². The third-order valence-electron chi connectivity index (χ3n) is 3.60.